The Morgan fingerprint density at radius 2 is 1.56 bits per heavy atom. The standard InChI is InChI=1S/C14H22O4/c1-3-5-10-14(17,18)13(16,4-2)11-6-8-12(15)9-7-11/h6-9,15-18H,3-5,10H2,1-2H3. The molecular weight excluding hydrogens is 232 g/mol. The highest BCUT2D eigenvalue weighted by Gasteiger charge is 2.47. The van der Waals surface area contributed by atoms with Crippen LogP contribution in [-0.4, -0.2) is 26.2 Å². The van der Waals surface area contributed by atoms with Crippen molar-refractivity contribution < 1.29 is 20.4 Å². The van der Waals surface area contributed by atoms with Crippen molar-refractivity contribution in [1.29, 1.82) is 0 Å². The molecule has 0 fully saturated rings. The fraction of sp³-hybridized carbons (Fsp3) is 0.571. The Labute approximate surface area is 108 Å². The minimum atomic E-state index is -2.17. The Hall–Kier alpha value is -1.10. The molecule has 0 radical (unpaired) electrons. The lowest BCUT2D eigenvalue weighted by molar-refractivity contribution is -0.286. The summed E-state index contributed by atoms with van der Waals surface area (Å²) in [7, 11) is 0. The molecule has 4 N–H and O–H groups in total. The van der Waals surface area contributed by atoms with Crippen molar-refractivity contribution in [2.24, 2.45) is 0 Å². The van der Waals surface area contributed by atoms with Gasteiger partial charge in [0.2, 0.25) is 0 Å². The van der Waals surface area contributed by atoms with E-state index in [4.69, 9.17) is 0 Å². The molecule has 1 rings (SSSR count). The predicted octanol–water partition coefficient (Wildman–Crippen LogP) is 1.86. The van der Waals surface area contributed by atoms with E-state index in [1.54, 1.807) is 6.92 Å². The van der Waals surface area contributed by atoms with Crippen LogP contribution in [0.5, 0.6) is 5.75 Å². The number of hydrogen-bond donors (Lipinski definition) is 4. The highest BCUT2D eigenvalue weighted by Crippen LogP contribution is 2.38. The molecule has 1 aromatic rings. The number of unbranched alkanes of at least 4 members (excludes halogenated alkanes) is 1. The molecule has 102 valence electrons. The van der Waals surface area contributed by atoms with Crippen molar-refractivity contribution in [3.05, 3.63) is 29.8 Å². The molecule has 0 aromatic heterocycles. The summed E-state index contributed by atoms with van der Waals surface area (Å²) in [5, 5.41) is 40.0. The topological polar surface area (TPSA) is 80.9 Å². The molecule has 0 saturated heterocycles. The Morgan fingerprint density at radius 1 is 1.00 bits per heavy atom. The molecule has 1 aromatic carbocycles. The first-order valence-corrected chi connectivity index (χ1v) is 6.34. The highest BCUT2D eigenvalue weighted by molar-refractivity contribution is 5.31. The molecule has 4 nitrogen and oxygen atoms in total. The fourth-order valence-corrected chi connectivity index (χ4v) is 2.09. The zero-order valence-corrected chi connectivity index (χ0v) is 10.9. The number of hydrogen-bond acceptors (Lipinski definition) is 4. The Morgan fingerprint density at radius 3 is 2.00 bits per heavy atom. The fourth-order valence-electron chi connectivity index (χ4n) is 2.09. The quantitative estimate of drug-likeness (QED) is 0.584. The van der Waals surface area contributed by atoms with Gasteiger partial charge < -0.3 is 20.4 Å². The molecule has 18 heavy (non-hydrogen) atoms. The van der Waals surface area contributed by atoms with Crippen molar-refractivity contribution in [2.45, 2.75) is 50.9 Å². The lowest BCUT2D eigenvalue weighted by Gasteiger charge is -2.39. The minimum absolute atomic E-state index is 0.0761. The molecule has 0 heterocycles. The molecule has 0 aliphatic carbocycles. The van der Waals surface area contributed by atoms with Gasteiger partial charge in [0.1, 0.15) is 11.4 Å². The zero-order chi connectivity index (χ0) is 13.8. The maximum Gasteiger partial charge on any atom is 0.196 e. The van der Waals surface area contributed by atoms with Gasteiger partial charge in [-0.25, -0.2) is 0 Å². The molecule has 0 saturated carbocycles. The highest BCUT2D eigenvalue weighted by atomic mass is 16.5. The smallest absolute Gasteiger partial charge is 0.196 e. The summed E-state index contributed by atoms with van der Waals surface area (Å²) < 4.78 is 0. The van der Waals surface area contributed by atoms with E-state index < -0.39 is 11.4 Å². The van der Waals surface area contributed by atoms with Crippen LogP contribution in [0.1, 0.15) is 45.1 Å². The first-order valence-electron chi connectivity index (χ1n) is 6.34. The van der Waals surface area contributed by atoms with Crippen LogP contribution >= 0.6 is 0 Å². The number of phenols is 1. The first-order chi connectivity index (χ1) is 8.37. The summed E-state index contributed by atoms with van der Waals surface area (Å²) in [5.41, 5.74) is -1.33. The zero-order valence-electron chi connectivity index (χ0n) is 10.9. The molecule has 0 aliphatic heterocycles. The number of rotatable bonds is 6. The summed E-state index contributed by atoms with van der Waals surface area (Å²) >= 11 is 0. The Kier molecular flexibility index (Phi) is 4.73. The molecular formula is C14H22O4. The van der Waals surface area contributed by atoms with Crippen LogP contribution in [0.15, 0.2) is 24.3 Å². The average molecular weight is 254 g/mol. The Bertz CT molecular complexity index is 372. The van der Waals surface area contributed by atoms with Crippen LogP contribution < -0.4 is 0 Å². The maximum atomic E-state index is 10.6. The van der Waals surface area contributed by atoms with E-state index in [0.717, 1.165) is 6.42 Å². The largest absolute Gasteiger partial charge is 0.508 e. The van der Waals surface area contributed by atoms with Crippen molar-refractivity contribution in [1.82, 2.24) is 0 Å². The van der Waals surface area contributed by atoms with Crippen LogP contribution in [-0.2, 0) is 5.60 Å². The van der Waals surface area contributed by atoms with Crippen molar-refractivity contribution >= 4 is 0 Å². The lowest BCUT2D eigenvalue weighted by Crippen LogP contribution is -2.51. The van der Waals surface area contributed by atoms with E-state index in [-0.39, 0.29) is 18.6 Å². The third-order valence-electron chi connectivity index (χ3n) is 3.40. The van der Waals surface area contributed by atoms with E-state index in [1.807, 2.05) is 6.92 Å². The second-order valence-corrected chi connectivity index (χ2v) is 4.68. The summed E-state index contributed by atoms with van der Waals surface area (Å²) in [6, 6.07) is 5.86. The number of phenolic OH excluding ortho intramolecular Hbond substituents is 1. The van der Waals surface area contributed by atoms with Gasteiger partial charge in [-0.15, -0.1) is 0 Å². The molecule has 0 bridgehead atoms. The normalized spacial score (nSPS) is 15.4. The van der Waals surface area contributed by atoms with Gasteiger partial charge in [-0.05, 0) is 30.5 Å². The molecule has 1 unspecified atom stereocenters. The SMILES string of the molecule is CCCCC(O)(O)C(O)(CC)c1ccc(O)cc1. The van der Waals surface area contributed by atoms with Crippen LogP contribution in [0.2, 0.25) is 0 Å². The Balaban J connectivity index is 3.07. The first kappa shape index (κ1) is 15.0. The van der Waals surface area contributed by atoms with E-state index in [9.17, 15) is 20.4 Å². The second-order valence-electron chi connectivity index (χ2n) is 4.68. The van der Waals surface area contributed by atoms with Gasteiger partial charge >= 0.3 is 0 Å². The van der Waals surface area contributed by atoms with Gasteiger partial charge in [0.05, 0.1) is 0 Å². The number of aliphatic hydroxyl groups is 3. The lowest BCUT2D eigenvalue weighted by atomic mass is 9.80. The second kappa shape index (κ2) is 5.69. The van der Waals surface area contributed by atoms with Crippen LogP contribution in [0.3, 0.4) is 0 Å². The summed E-state index contributed by atoms with van der Waals surface area (Å²) in [5.74, 6) is -2.10. The maximum absolute atomic E-state index is 10.6. The minimum Gasteiger partial charge on any atom is -0.508 e. The molecule has 1 atom stereocenters. The van der Waals surface area contributed by atoms with Crippen molar-refractivity contribution in [3.63, 3.8) is 0 Å². The number of aromatic hydroxyl groups is 1. The average Bonchev–Trinajstić information content (AvgIpc) is 2.36. The summed E-state index contributed by atoms with van der Waals surface area (Å²) in [4.78, 5) is 0. The summed E-state index contributed by atoms with van der Waals surface area (Å²) in [6.07, 6.45) is 1.72. The van der Waals surface area contributed by atoms with Gasteiger partial charge in [0, 0.05) is 6.42 Å². The molecule has 0 aliphatic rings. The molecule has 0 amide bonds. The van der Waals surface area contributed by atoms with E-state index in [2.05, 4.69) is 0 Å². The van der Waals surface area contributed by atoms with Gasteiger partial charge in [-0.3, -0.25) is 0 Å². The third-order valence-corrected chi connectivity index (χ3v) is 3.40. The summed E-state index contributed by atoms with van der Waals surface area (Å²) in [6.45, 7) is 3.64. The van der Waals surface area contributed by atoms with Crippen LogP contribution in [0, 0.1) is 0 Å². The van der Waals surface area contributed by atoms with Crippen LogP contribution in [0.4, 0.5) is 0 Å². The van der Waals surface area contributed by atoms with Crippen molar-refractivity contribution in [3.8, 4) is 5.75 Å². The predicted molar refractivity (Wildman–Crippen MR) is 69.0 cm³/mol. The van der Waals surface area contributed by atoms with Gasteiger partial charge in [-0.2, -0.15) is 0 Å². The van der Waals surface area contributed by atoms with Crippen LogP contribution in [0.25, 0.3) is 0 Å². The van der Waals surface area contributed by atoms with E-state index in [1.165, 1.54) is 24.3 Å². The third kappa shape index (κ3) is 2.83. The number of benzene rings is 1. The molecule has 4 heteroatoms. The van der Waals surface area contributed by atoms with Gasteiger partial charge in [-0.1, -0.05) is 32.4 Å². The molecule has 0 spiro atoms. The van der Waals surface area contributed by atoms with Crippen molar-refractivity contribution in [2.75, 3.05) is 0 Å². The van der Waals surface area contributed by atoms with E-state index in [0.29, 0.717) is 12.0 Å². The monoisotopic (exact) mass is 254 g/mol. The van der Waals surface area contributed by atoms with Gasteiger partial charge in [0.15, 0.2) is 5.79 Å². The van der Waals surface area contributed by atoms with E-state index >= 15 is 0 Å². The van der Waals surface area contributed by atoms with Gasteiger partial charge in [0.25, 0.3) is 0 Å².